The van der Waals surface area contributed by atoms with Crippen LogP contribution in [-0.4, -0.2) is 54.9 Å². The van der Waals surface area contributed by atoms with E-state index >= 15 is 0 Å². The Balaban J connectivity index is 1.61. The van der Waals surface area contributed by atoms with Gasteiger partial charge in [0.1, 0.15) is 17.4 Å². The smallest absolute Gasteiger partial charge is 0.282 e. The Morgan fingerprint density at radius 1 is 0.784 bits per heavy atom. The standard InChI is InChI=1S/C26H21N3O8/c1-35-16-10-8-15(9-11-16)27-22(14-7-12-19(36-2)20(13-14)37-3)23(26(27)32)28-24(30)17-5-4-6-18(29(33)34)21(17)25(28)31/h4-13,22-23H,1-3H3/t22-,23-/m0/s1. The number of nitrogens with zero attached hydrogens (tertiary/aromatic N) is 3. The van der Waals surface area contributed by atoms with Crippen LogP contribution in [0.1, 0.15) is 32.3 Å². The average molecular weight is 503 g/mol. The number of benzene rings is 3. The second-order valence-corrected chi connectivity index (χ2v) is 8.35. The van der Waals surface area contributed by atoms with Gasteiger partial charge in [-0.05, 0) is 48.0 Å². The molecule has 2 heterocycles. The number of nitro groups is 1. The third-order valence-electron chi connectivity index (χ3n) is 6.57. The van der Waals surface area contributed by atoms with E-state index in [0.29, 0.717) is 28.5 Å². The lowest BCUT2D eigenvalue weighted by molar-refractivity contribution is -0.385. The van der Waals surface area contributed by atoms with Crippen molar-refractivity contribution in [1.29, 1.82) is 0 Å². The summed E-state index contributed by atoms with van der Waals surface area (Å²) < 4.78 is 15.9. The van der Waals surface area contributed by atoms with Gasteiger partial charge in [0, 0.05) is 11.8 Å². The van der Waals surface area contributed by atoms with Crippen LogP contribution < -0.4 is 19.1 Å². The summed E-state index contributed by atoms with van der Waals surface area (Å²) in [6.45, 7) is 0. The molecule has 2 aliphatic heterocycles. The second kappa shape index (κ2) is 8.94. The monoisotopic (exact) mass is 503 g/mol. The van der Waals surface area contributed by atoms with Gasteiger partial charge in [-0.3, -0.25) is 29.4 Å². The molecule has 3 aromatic rings. The van der Waals surface area contributed by atoms with Crippen LogP contribution >= 0.6 is 0 Å². The lowest BCUT2D eigenvalue weighted by Crippen LogP contribution is -2.67. The molecule has 1 fully saturated rings. The number of amides is 3. The number of anilines is 1. The van der Waals surface area contributed by atoms with Crippen LogP contribution in [0.4, 0.5) is 11.4 Å². The van der Waals surface area contributed by atoms with E-state index < -0.39 is 40.4 Å². The summed E-state index contributed by atoms with van der Waals surface area (Å²) in [4.78, 5) is 53.5. The second-order valence-electron chi connectivity index (χ2n) is 8.35. The van der Waals surface area contributed by atoms with E-state index in [1.165, 1.54) is 38.4 Å². The van der Waals surface area contributed by atoms with Crippen LogP contribution in [0, 0.1) is 10.1 Å². The zero-order valence-corrected chi connectivity index (χ0v) is 20.0. The van der Waals surface area contributed by atoms with Crippen LogP contribution in [0.3, 0.4) is 0 Å². The van der Waals surface area contributed by atoms with Crippen molar-refractivity contribution in [2.45, 2.75) is 12.1 Å². The van der Waals surface area contributed by atoms with Gasteiger partial charge in [0.15, 0.2) is 11.5 Å². The number of ether oxygens (including phenoxy) is 3. The van der Waals surface area contributed by atoms with Crippen molar-refractivity contribution < 1.29 is 33.5 Å². The van der Waals surface area contributed by atoms with Crippen molar-refractivity contribution >= 4 is 29.1 Å². The van der Waals surface area contributed by atoms with Gasteiger partial charge in [0.05, 0.1) is 37.9 Å². The fourth-order valence-electron chi connectivity index (χ4n) is 4.81. The molecule has 2 atom stereocenters. The SMILES string of the molecule is COc1ccc(N2C(=O)[C@@H](N3C(=O)c4cccc([N+](=O)[O-])c4C3=O)[C@@H]2c2ccc(OC)c(OC)c2)cc1. The number of methoxy groups -OCH3 is 3. The van der Waals surface area contributed by atoms with Gasteiger partial charge < -0.3 is 19.1 Å². The molecule has 11 nitrogen and oxygen atoms in total. The summed E-state index contributed by atoms with van der Waals surface area (Å²) in [5.41, 5.74) is 0.175. The van der Waals surface area contributed by atoms with Gasteiger partial charge in [0.25, 0.3) is 23.4 Å². The van der Waals surface area contributed by atoms with Crippen molar-refractivity contribution in [3.63, 3.8) is 0 Å². The zero-order chi connectivity index (χ0) is 26.4. The number of carbonyl (C=O) groups is 3. The van der Waals surface area contributed by atoms with Crippen molar-refractivity contribution in [1.82, 2.24) is 4.90 Å². The molecule has 0 unspecified atom stereocenters. The topological polar surface area (TPSA) is 129 Å². The average Bonchev–Trinajstić information content (AvgIpc) is 3.16. The first kappa shape index (κ1) is 23.8. The number of fused-ring (bicyclic) bond motifs is 1. The summed E-state index contributed by atoms with van der Waals surface area (Å²) in [5, 5.41) is 11.6. The summed E-state index contributed by atoms with van der Waals surface area (Å²) in [5.74, 6) is -0.718. The molecular weight excluding hydrogens is 482 g/mol. The molecule has 11 heteroatoms. The molecule has 0 N–H and O–H groups in total. The summed E-state index contributed by atoms with van der Waals surface area (Å²) in [6.07, 6.45) is 0. The Morgan fingerprint density at radius 2 is 1.49 bits per heavy atom. The summed E-state index contributed by atoms with van der Waals surface area (Å²) in [6, 6.07) is 13.6. The maximum Gasteiger partial charge on any atom is 0.282 e. The zero-order valence-electron chi connectivity index (χ0n) is 20.0. The molecule has 5 rings (SSSR count). The molecule has 2 aliphatic rings. The third kappa shape index (κ3) is 3.54. The predicted molar refractivity (Wildman–Crippen MR) is 130 cm³/mol. The maximum absolute atomic E-state index is 13.6. The van der Waals surface area contributed by atoms with E-state index in [0.717, 1.165) is 11.0 Å². The molecule has 3 amide bonds. The number of rotatable bonds is 7. The highest BCUT2D eigenvalue weighted by Crippen LogP contribution is 2.46. The maximum atomic E-state index is 13.6. The van der Waals surface area contributed by atoms with Gasteiger partial charge in [-0.25, -0.2) is 0 Å². The summed E-state index contributed by atoms with van der Waals surface area (Å²) >= 11 is 0. The van der Waals surface area contributed by atoms with Crippen LogP contribution in [0.5, 0.6) is 17.2 Å². The predicted octanol–water partition coefficient (Wildman–Crippen LogP) is 3.37. The fraction of sp³-hybridized carbons (Fsp3) is 0.192. The minimum Gasteiger partial charge on any atom is -0.497 e. The Hall–Kier alpha value is -4.93. The van der Waals surface area contributed by atoms with Crippen molar-refractivity contribution in [2.24, 2.45) is 0 Å². The molecule has 0 aromatic heterocycles. The first-order chi connectivity index (χ1) is 17.8. The van der Waals surface area contributed by atoms with Crippen molar-refractivity contribution in [2.75, 3.05) is 26.2 Å². The fourth-order valence-corrected chi connectivity index (χ4v) is 4.81. The molecule has 188 valence electrons. The van der Waals surface area contributed by atoms with Crippen molar-refractivity contribution in [3.05, 3.63) is 87.5 Å². The molecule has 1 saturated heterocycles. The lowest BCUT2D eigenvalue weighted by Gasteiger charge is -2.49. The minimum absolute atomic E-state index is 0.110. The first-order valence-electron chi connectivity index (χ1n) is 11.2. The third-order valence-corrected chi connectivity index (χ3v) is 6.57. The number of imide groups is 1. The van der Waals surface area contributed by atoms with Crippen LogP contribution in [0.25, 0.3) is 0 Å². The number of hydrogen-bond donors (Lipinski definition) is 0. The Kier molecular flexibility index (Phi) is 5.75. The van der Waals surface area contributed by atoms with E-state index in [9.17, 15) is 24.5 Å². The number of β-lactam (4-membered cyclic amide) rings is 1. The highest BCUT2D eigenvalue weighted by atomic mass is 16.6. The minimum atomic E-state index is -1.23. The van der Waals surface area contributed by atoms with Gasteiger partial charge in [-0.2, -0.15) is 0 Å². The van der Waals surface area contributed by atoms with Crippen LogP contribution in [-0.2, 0) is 4.79 Å². The van der Waals surface area contributed by atoms with E-state index in [1.54, 1.807) is 42.5 Å². The highest BCUT2D eigenvalue weighted by molar-refractivity contribution is 6.26. The molecule has 37 heavy (non-hydrogen) atoms. The van der Waals surface area contributed by atoms with Gasteiger partial charge in [-0.15, -0.1) is 0 Å². The van der Waals surface area contributed by atoms with E-state index in [4.69, 9.17) is 14.2 Å². The van der Waals surface area contributed by atoms with E-state index in [-0.39, 0.29) is 11.1 Å². The van der Waals surface area contributed by atoms with Crippen LogP contribution in [0.2, 0.25) is 0 Å². The highest BCUT2D eigenvalue weighted by Gasteiger charge is 2.58. The Morgan fingerprint density at radius 3 is 2.11 bits per heavy atom. The van der Waals surface area contributed by atoms with Gasteiger partial charge >= 0.3 is 0 Å². The van der Waals surface area contributed by atoms with E-state index in [2.05, 4.69) is 0 Å². The quantitative estimate of drug-likeness (QED) is 0.208. The summed E-state index contributed by atoms with van der Waals surface area (Å²) in [7, 11) is 4.48. The molecule has 3 aromatic carbocycles. The van der Waals surface area contributed by atoms with Gasteiger partial charge in [0.2, 0.25) is 0 Å². The van der Waals surface area contributed by atoms with Crippen LogP contribution in [0.15, 0.2) is 60.7 Å². The van der Waals surface area contributed by atoms with Gasteiger partial charge in [-0.1, -0.05) is 12.1 Å². The number of nitro benzene ring substituents is 1. The number of hydrogen-bond acceptors (Lipinski definition) is 8. The normalized spacial score (nSPS) is 18.4. The first-order valence-corrected chi connectivity index (χ1v) is 11.2. The lowest BCUT2D eigenvalue weighted by atomic mass is 9.86. The largest absolute Gasteiger partial charge is 0.497 e. The molecule has 0 aliphatic carbocycles. The molecular formula is C26H21N3O8. The molecule has 0 radical (unpaired) electrons. The van der Waals surface area contributed by atoms with Crippen molar-refractivity contribution in [3.8, 4) is 17.2 Å². The Labute approximate surface area is 210 Å². The number of carbonyl (C=O) groups excluding carboxylic acids is 3. The Bertz CT molecular complexity index is 1450. The van der Waals surface area contributed by atoms with E-state index in [1.807, 2.05) is 0 Å². The molecule has 0 spiro atoms. The molecule has 0 bridgehead atoms. The molecule has 0 saturated carbocycles.